The molecule has 1 fully saturated rings. The molecule has 1 saturated heterocycles. The molecule has 19 heavy (non-hydrogen) atoms. The van der Waals surface area contributed by atoms with E-state index in [9.17, 15) is 8.42 Å². The van der Waals surface area contributed by atoms with Crippen molar-refractivity contribution in [2.75, 3.05) is 27.2 Å². The number of likely N-dealkylation sites (N-methyl/N-ethyl adjacent to an activating group) is 1. The SMILES string of the molecule is CNCc1ccc(S(=O)(=O)NCC2CCCN2C)s1. The van der Waals surface area contributed by atoms with E-state index < -0.39 is 10.0 Å². The molecular weight excluding hydrogens is 282 g/mol. The Bertz CT molecular complexity index is 513. The van der Waals surface area contributed by atoms with Crippen molar-refractivity contribution in [1.29, 1.82) is 0 Å². The predicted molar refractivity (Wildman–Crippen MR) is 77.9 cm³/mol. The van der Waals surface area contributed by atoms with E-state index in [1.165, 1.54) is 11.3 Å². The van der Waals surface area contributed by atoms with Gasteiger partial charge in [0.2, 0.25) is 10.0 Å². The van der Waals surface area contributed by atoms with Gasteiger partial charge in [0, 0.05) is 24.0 Å². The first kappa shape index (κ1) is 14.9. The summed E-state index contributed by atoms with van der Waals surface area (Å²) in [6, 6.07) is 3.86. The smallest absolute Gasteiger partial charge is 0.250 e. The Morgan fingerprint density at radius 1 is 1.47 bits per heavy atom. The maximum absolute atomic E-state index is 12.2. The normalized spacial score (nSPS) is 21.1. The van der Waals surface area contributed by atoms with Crippen LogP contribution in [0.3, 0.4) is 0 Å². The van der Waals surface area contributed by atoms with Gasteiger partial charge in [0.25, 0.3) is 0 Å². The lowest BCUT2D eigenvalue weighted by molar-refractivity contribution is 0.311. The molecular formula is C12H21N3O2S2. The van der Waals surface area contributed by atoms with Crippen molar-refractivity contribution in [2.24, 2.45) is 0 Å². The van der Waals surface area contributed by atoms with E-state index in [1.807, 2.05) is 20.2 Å². The molecule has 0 spiro atoms. The first-order valence-corrected chi connectivity index (χ1v) is 8.76. The van der Waals surface area contributed by atoms with Crippen LogP contribution in [0.1, 0.15) is 17.7 Å². The van der Waals surface area contributed by atoms with Gasteiger partial charge in [0.15, 0.2) is 0 Å². The van der Waals surface area contributed by atoms with Crippen molar-refractivity contribution < 1.29 is 8.42 Å². The van der Waals surface area contributed by atoms with Crippen LogP contribution in [0.15, 0.2) is 16.3 Å². The van der Waals surface area contributed by atoms with Crippen LogP contribution < -0.4 is 10.0 Å². The van der Waals surface area contributed by atoms with Crippen molar-refractivity contribution in [3.05, 3.63) is 17.0 Å². The molecule has 1 aliphatic heterocycles. The summed E-state index contributed by atoms with van der Waals surface area (Å²) in [6.07, 6.45) is 2.21. The lowest BCUT2D eigenvalue weighted by Crippen LogP contribution is -2.37. The number of sulfonamides is 1. The van der Waals surface area contributed by atoms with Gasteiger partial charge >= 0.3 is 0 Å². The van der Waals surface area contributed by atoms with Crippen LogP contribution in [0, 0.1) is 0 Å². The number of nitrogens with one attached hydrogen (secondary N) is 2. The Morgan fingerprint density at radius 2 is 2.26 bits per heavy atom. The maximum atomic E-state index is 12.2. The molecule has 1 aromatic heterocycles. The third-order valence-electron chi connectivity index (χ3n) is 3.43. The molecule has 0 radical (unpaired) electrons. The van der Waals surface area contributed by atoms with Crippen molar-refractivity contribution in [3.63, 3.8) is 0 Å². The van der Waals surface area contributed by atoms with E-state index in [4.69, 9.17) is 0 Å². The summed E-state index contributed by atoms with van der Waals surface area (Å²) in [7, 11) is 0.538. The third-order valence-corrected chi connectivity index (χ3v) is 6.43. The molecule has 0 saturated carbocycles. The molecule has 0 aliphatic carbocycles. The molecule has 1 unspecified atom stereocenters. The zero-order chi connectivity index (χ0) is 13.9. The summed E-state index contributed by atoms with van der Waals surface area (Å²) < 4.78 is 27.5. The Hall–Kier alpha value is -0.470. The van der Waals surface area contributed by atoms with Gasteiger partial charge in [-0.05, 0) is 45.6 Å². The second kappa shape index (κ2) is 6.32. The number of thiophene rings is 1. The highest BCUT2D eigenvalue weighted by atomic mass is 32.2. The van der Waals surface area contributed by atoms with Crippen LogP contribution in [0.5, 0.6) is 0 Å². The second-order valence-electron chi connectivity index (χ2n) is 4.88. The molecule has 2 rings (SSSR count). The minimum absolute atomic E-state index is 0.325. The summed E-state index contributed by atoms with van der Waals surface area (Å²) >= 11 is 1.32. The molecule has 5 nitrogen and oxygen atoms in total. The highest BCUT2D eigenvalue weighted by Crippen LogP contribution is 2.22. The fraction of sp³-hybridized carbons (Fsp3) is 0.667. The number of hydrogen-bond acceptors (Lipinski definition) is 5. The van der Waals surface area contributed by atoms with Crippen LogP contribution in [-0.4, -0.2) is 46.5 Å². The zero-order valence-corrected chi connectivity index (χ0v) is 13.0. The van der Waals surface area contributed by atoms with E-state index in [0.717, 1.165) is 24.3 Å². The van der Waals surface area contributed by atoms with Gasteiger partial charge < -0.3 is 10.2 Å². The fourth-order valence-electron chi connectivity index (χ4n) is 2.29. The molecule has 2 N–H and O–H groups in total. The van der Waals surface area contributed by atoms with Crippen LogP contribution in [-0.2, 0) is 16.6 Å². The van der Waals surface area contributed by atoms with Gasteiger partial charge in [-0.1, -0.05) is 0 Å². The molecule has 0 amide bonds. The van der Waals surface area contributed by atoms with Gasteiger partial charge in [-0.15, -0.1) is 11.3 Å². The maximum Gasteiger partial charge on any atom is 0.250 e. The Labute approximate surface area is 119 Å². The van der Waals surface area contributed by atoms with Crippen LogP contribution in [0.25, 0.3) is 0 Å². The molecule has 1 aliphatic rings. The van der Waals surface area contributed by atoms with Crippen molar-refractivity contribution >= 4 is 21.4 Å². The Morgan fingerprint density at radius 3 is 2.89 bits per heavy atom. The first-order valence-electron chi connectivity index (χ1n) is 6.46. The molecule has 0 bridgehead atoms. The summed E-state index contributed by atoms with van der Waals surface area (Å²) in [4.78, 5) is 3.24. The van der Waals surface area contributed by atoms with Crippen molar-refractivity contribution in [2.45, 2.75) is 29.6 Å². The van der Waals surface area contributed by atoms with E-state index >= 15 is 0 Å². The van der Waals surface area contributed by atoms with Crippen molar-refractivity contribution in [1.82, 2.24) is 14.9 Å². The van der Waals surface area contributed by atoms with E-state index in [1.54, 1.807) is 6.07 Å². The molecule has 1 aromatic rings. The van der Waals surface area contributed by atoms with Gasteiger partial charge in [0.1, 0.15) is 4.21 Å². The van der Waals surface area contributed by atoms with E-state index in [2.05, 4.69) is 14.9 Å². The summed E-state index contributed by atoms with van der Waals surface area (Å²) in [5.41, 5.74) is 0. The molecule has 108 valence electrons. The average Bonchev–Trinajstić information content (AvgIpc) is 2.97. The number of rotatable bonds is 6. The minimum Gasteiger partial charge on any atom is -0.315 e. The summed E-state index contributed by atoms with van der Waals surface area (Å²) in [6.45, 7) is 2.25. The number of nitrogens with zero attached hydrogens (tertiary/aromatic N) is 1. The largest absolute Gasteiger partial charge is 0.315 e. The zero-order valence-electron chi connectivity index (χ0n) is 11.3. The minimum atomic E-state index is -3.35. The number of hydrogen-bond donors (Lipinski definition) is 2. The van der Waals surface area contributed by atoms with Crippen molar-refractivity contribution in [3.8, 4) is 0 Å². The highest BCUT2D eigenvalue weighted by molar-refractivity contribution is 7.91. The summed E-state index contributed by atoms with van der Waals surface area (Å²) in [5.74, 6) is 0. The van der Waals surface area contributed by atoms with Crippen LogP contribution in [0.4, 0.5) is 0 Å². The standard InChI is InChI=1S/C12H21N3O2S2/c1-13-9-11-5-6-12(18-11)19(16,17)14-8-10-4-3-7-15(10)2/h5-6,10,13-14H,3-4,7-9H2,1-2H3. The van der Waals surface area contributed by atoms with E-state index in [-0.39, 0.29) is 0 Å². The first-order chi connectivity index (χ1) is 9.03. The fourth-order valence-corrected chi connectivity index (χ4v) is 4.77. The Balaban J connectivity index is 1.97. The summed E-state index contributed by atoms with van der Waals surface area (Å²) in [5, 5.41) is 3.02. The van der Waals surface area contributed by atoms with Gasteiger partial charge in [-0.25, -0.2) is 13.1 Å². The molecule has 1 atom stereocenters. The molecule has 2 heterocycles. The average molecular weight is 303 g/mol. The van der Waals surface area contributed by atoms with Gasteiger partial charge in [0.05, 0.1) is 0 Å². The topological polar surface area (TPSA) is 61.4 Å². The highest BCUT2D eigenvalue weighted by Gasteiger charge is 2.24. The predicted octanol–water partition coefficient (Wildman–Crippen LogP) is 0.840. The van der Waals surface area contributed by atoms with Crippen LogP contribution >= 0.6 is 11.3 Å². The van der Waals surface area contributed by atoms with Gasteiger partial charge in [-0.2, -0.15) is 0 Å². The van der Waals surface area contributed by atoms with Crippen LogP contribution in [0.2, 0.25) is 0 Å². The lowest BCUT2D eigenvalue weighted by Gasteiger charge is -2.19. The molecule has 7 heteroatoms. The van der Waals surface area contributed by atoms with Gasteiger partial charge in [-0.3, -0.25) is 0 Å². The number of likely N-dealkylation sites (tertiary alicyclic amines) is 1. The second-order valence-corrected chi connectivity index (χ2v) is 8.04. The third kappa shape index (κ3) is 3.76. The molecule has 0 aromatic carbocycles. The quantitative estimate of drug-likeness (QED) is 0.817. The lowest BCUT2D eigenvalue weighted by atomic mass is 10.2. The van der Waals surface area contributed by atoms with E-state index in [0.29, 0.717) is 23.3 Å². The monoisotopic (exact) mass is 303 g/mol. The Kier molecular flexibility index (Phi) is 4.97.